The third-order valence-electron chi connectivity index (χ3n) is 4.58. The summed E-state index contributed by atoms with van der Waals surface area (Å²) >= 11 is 7.73. The molecule has 1 N–H and O–H groups in total. The molecular weight excluding hydrogens is 380 g/mol. The predicted octanol–water partition coefficient (Wildman–Crippen LogP) is 5.98. The number of nitrogens with one attached hydrogen (secondary N) is 1. The molecule has 4 aromatic rings. The normalized spacial score (nSPS) is 11.1. The van der Waals surface area contributed by atoms with Crippen LogP contribution in [0.25, 0.3) is 21.1 Å². The second-order valence-electron chi connectivity index (χ2n) is 6.40. The van der Waals surface area contributed by atoms with Gasteiger partial charge in [0.2, 0.25) is 0 Å². The summed E-state index contributed by atoms with van der Waals surface area (Å²) in [4.78, 5) is 18.7. The first-order chi connectivity index (χ1) is 13.0. The Morgan fingerprint density at radius 1 is 1.07 bits per heavy atom. The van der Waals surface area contributed by atoms with Gasteiger partial charge in [-0.15, -0.1) is 11.3 Å². The fraction of sp³-hybridized carbons (Fsp3) is 0.143. The number of nitrogens with zero attached hydrogens (tertiary/aromatic N) is 1. The van der Waals surface area contributed by atoms with Gasteiger partial charge in [0.25, 0.3) is 5.91 Å². The molecule has 1 amide bonds. The zero-order valence-corrected chi connectivity index (χ0v) is 16.7. The van der Waals surface area contributed by atoms with Crippen molar-refractivity contribution in [1.29, 1.82) is 0 Å². The van der Waals surface area contributed by atoms with E-state index < -0.39 is 0 Å². The number of anilines is 1. The van der Waals surface area contributed by atoms with Crippen molar-refractivity contribution in [3.8, 4) is 5.75 Å². The fourth-order valence-electron chi connectivity index (χ4n) is 2.93. The van der Waals surface area contributed by atoms with Crippen LogP contribution >= 0.6 is 22.9 Å². The van der Waals surface area contributed by atoms with Gasteiger partial charge in [0.15, 0.2) is 0 Å². The number of carbonyl (C=O) groups is 1. The summed E-state index contributed by atoms with van der Waals surface area (Å²) in [6, 6.07) is 13.5. The lowest BCUT2D eigenvalue weighted by atomic mass is 10.1. The smallest absolute Gasteiger partial charge is 0.265 e. The van der Waals surface area contributed by atoms with Gasteiger partial charge in [-0.2, -0.15) is 0 Å². The molecule has 0 aliphatic carbocycles. The van der Waals surface area contributed by atoms with Gasteiger partial charge >= 0.3 is 0 Å². The number of hydrogen-bond acceptors (Lipinski definition) is 4. The van der Waals surface area contributed by atoms with Crippen LogP contribution in [0.1, 0.15) is 20.8 Å². The molecule has 2 heterocycles. The molecular formula is C21H17ClN2O2S. The third kappa shape index (κ3) is 3.24. The molecule has 0 saturated heterocycles. The van der Waals surface area contributed by atoms with Crippen molar-refractivity contribution < 1.29 is 9.53 Å². The van der Waals surface area contributed by atoms with Crippen LogP contribution in [-0.4, -0.2) is 18.0 Å². The molecule has 4 nitrogen and oxygen atoms in total. The molecule has 0 atom stereocenters. The number of aromatic nitrogens is 1. The molecule has 2 aromatic heterocycles. The summed E-state index contributed by atoms with van der Waals surface area (Å²) < 4.78 is 5.26. The molecule has 0 saturated carbocycles. The quantitative estimate of drug-likeness (QED) is 0.463. The van der Waals surface area contributed by atoms with Crippen molar-refractivity contribution in [3.63, 3.8) is 0 Å². The van der Waals surface area contributed by atoms with E-state index in [-0.39, 0.29) is 5.91 Å². The van der Waals surface area contributed by atoms with Crippen LogP contribution in [0.2, 0.25) is 5.02 Å². The zero-order valence-electron chi connectivity index (χ0n) is 15.1. The summed E-state index contributed by atoms with van der Waals surface area (Å²) in [7, 11) is 1.58. The largest absolute Gasteiger partial charge is 0.495 e. The highest BCUT2D eigenvalue weighted by Crippen LogP contribution is 2.35. The number of aryl methyl sites for hydroxylation is 2. The van der Waals surface area contributed by atoms with E-state index in [0.717, 1.165) is 26.9 Å². The molecule has 27 heavy (non-hydrogen) atoms. The number of rotatable bonds is 3. The molecule has 0 spiro atoms. The van der Waals surface area contributed by atoms with E-state index in [1.54, 1.807) is 7.11 Å². The number of benzene rings is 2. The lowest BCUT2D eigenvalue weighted by Gasteiger charge is -2.06. The Kier molecular flexibility index (Phi) is 4.50. The summed E-state index contributed by atoms with van der Waals surface area (Å²) in [6.07, 6.45) is 0. The molecule has 0 radical (unpaired) electrons. The number of fused-ring (bicyclic) bond motifs is 2. The van der Waals surface area contributed by atoms with Gasteiger partial charge in [-0.05, 0) is 61.4 Å². The van der Waals surface area contributed by atoms with Crippen molar-refractivity contribution in [2.24, 2.45) is 0 Å². The summed E-state index contributed by atoms with van der Waals surface area (Å²) in [5.41, 5.74) is 3.79. The van der Waals surface area contributed by atoms with E-state index in [2.05, 4.69) is 10.3 Å². The van der Waals surface area contributed by atoms with Gasteiger partial charge in [0.05, 0.1) is 17.5 Å². The Morgan fingerprint density at radius 3 is 2.63 bits per heavy atom. The minimum Gasteiger partial charge on any atom is -0.495 e. The molecule has 2 aromatic carbocycles. The maximum Gasteiger partial charge on any atom is 0.265 e. The number of hydrogen-bond donors (Lipinski definition) is 1. The van der Waals surface area contributed by atoms with Gasteiger partial charge < -0.3 is 10.1 Å². The minimum absolute atomic E-state index is 0.144. The van der Waals surface area contributed by atoms with Crippen LogP contribution in [0.5, 0.6) is 5.75 Å². The molecule has 0 bridgehead atoms. The molecule has 0 fully saturated rings. The lowest BCUT2D eigenvalue weighted by Crippen LogP contribution is -2.10. The van der Waals surface area contributed by atoms with Gasteiger partial charge in [0.1, 0.15) is 15.6 Å². The second-order valence-corrected chi connectivity index (χ2v) is 7.81. The monoisotopic (exact) mass is 396 g/mol. The number of halogens is 1. The third-order valence-corrected chi connectivity index (χ3v) is 5.99. The molecule has 4 rings (SSSR count). The second kappa shape index (κ2) is 6.83. The van der Waals surface area contributed by atoms with Crippen LogP contribution in [-0.2, 0) is 0 Å². The van der Waals surface area contributed by atoms with Crippen LogP contribution in [0.4, 0.5) is 5.69 Å². The highest BCUT2D eigenvalue weighted by molar-refractivity contribution is 7.20. The van der Waals surface area contributed by atoms with E-state index in [1.807, 2.05) is 56.3 Å². The number of amides is 1. The van der Waals surface area contributed by atoms with E-state index >= 15 is 0 Å². The first-order valence-electron chi connectivity index (χ1n) is 8.41. The van der Waals surface area contributed by atoms with E-state index in [9.17, 15) is 4.79 Å². The fourth-order valence-corrected chi connectivity index (χ4v) is 4.13. The SMILES string of the molecule is COc1ccc2cc3cc(C(=O)Nc4ccc(C)c(C)c4)sc3nc2c1Cl. The Morgan fingerprint density at radius 2 is 1.89 bits per heavy atom. The van der Waals surface area contributed by atoms with Crippen LogP contribution < -0.4 is 10.1 Å². The lowest BCUT2D eigenvalue weighted by molar-refractivity contribution is 0.103. The van der Waals surface area contributed by atoms with Gasteiger partial charge in [-0.1, -0.05) is 17.7 Å². The number of carbonyl (C=O) groups excluding carboxylic acids is 1. The first kappa shape index (κ1) is 17.8. The standard InChI is InChI=1S/C21H17ClN2O2S/c1-11-4-6-15(8-12(11)2)23-20(25)17-10-14-9-13-5-7-16(26-3)18(22)19(13)24-21(14)27-17/h4-10H,1-3H3,(H,23,25). The average Bonchev–Trinajstić information content (AvgIpc) is 3.07. The van der Waals surface area contributed by atoms with E-state index in [1.165, 1.54) is 16.9 Å². The van der Waals surface area contributed by atoms with Gasteiger partial charge in [-0.25, -0.2) is 4.98 Å². The highest BCUT2D eigenvalue weighted by atomic mass is 35.5. The maximum absolute atomic E-state index is 12.7. The van der Waals surface area contributed by atoms with Gasteiger partial charge in [-0.3, -0.25) is 4.79 Å². The first-order valence-corrected chi connectivity index (χ1v) is 9.61. The maximum atomic E-state index is 12.7. The average molecular weight is 397 g/mol. The van der Waals surface area contributed by atoms with Crippen molar-refractivity contribution in [2.75, 3.05) is 12.4 Å². The summed E-state index contributed by atoms with van der Waals surface area (Å²) in [5.74, 6) is 0.439. The number of methoxy groups -OCH3 is 1. The molecule has 0 aliphatic rings. The van der Waals surface area contributed by atoms with Crippen LogP contribution in [0.3, 0.4) is 0 Å². The molecule has 0 aliphatic heterocycles. The Bertz CT molecular complexity index is 1200. The highest BCUT2D eigenvalue weighted by Gasteiger charge is 2.14. The van der Waals surface area contributed by atoms with Crippen LogP contribution in [0.15, 0.2) is 42.5 Å². The zero-order chi connectivity index (χ0) is 19.1. The van der Waals surface area contributed by atoms with Crippen molar-refractivity contribution in [2.45, 2.75) is 13.8 Å². The molecule has 0 unspecified atom stereocenters. The summed E-state index contributed by atoms with van der Waals surface area (Å²) in [5, 5.41) is 5.26. The Balaban J connectivity index is 1.71. The van der Waals surface area contributed by atoms with Crippen molar-refractivity contribution in [3.05, 3.63) is 63.5 Å². The van der Waals surface area contributed by atoms with Crippen LogP contribution in [0, 0.1) is 13.8 Å². The number of thiophene rings is 1. The van der Waals surface area contributed by atoms with Gasteiger partial charge in [0, 0.05) is 16.5 Å². The number of ether oxygens (including phenoxy) is 1. The topological polar surface area (TPSA) is 51.2 Å². The van der Waals surface area contributed by atoms with Crippen molar-refractivity contribution in [1.82, 2.24) is 4.98 Å². The van der Waals surface area contributed by atoms with Crippen molar-refractivity contribution >= 4 is 55.7 Å². The van der Waals surface area contributed by atoms with E-state index in [0.29, 0.717) is 21.2 Å². The Labute approximate surface area is 165 Å². The number of pyridine rings is 1. The Hall–Kier alpha value is -2.63. The molecule has 136 valence electrons. The molecule has 6 heteroatoms. The minimum atomic E-state index is -0.144. The van der Waals surface area contributed by atoms with E-state index in [4.69, 9.17) is 16.3 Å². The summed E-state index contributed by atoms with van der Waals surface area (Å²) in [6.45, 7) is 4.07. The predicted molar refractivity (Wildman–Crippen MR) is 113 cm³/mol.